The lowest BCUT2D eigenvalue weighted by Gasteiger charge is -2.11. The molecule has 1 heterocycles. The lowest BCUT2D eigenvalue weighted by atomic mass is 10.1. The fourth-order valence-electron chi connectivity index (χ4n) is 2.94. The van der Waals surface area contributed by atoms with Crippen molar-refractivity contribution in [2.24, 2.45) is 0 Å². The van der Waals surface area contributed by atoms with Crippen molar-refractivity contribution in [3.8, 4) is 11.8 Å². The van der Waals surface area contributed by atoms with Gasteiger partial charge < -0.3 is 5.32 Å². The summed E-state index contributed by atoms with van der Waals surface area (Å²) >= 11 is 12.1. The van der Waals surface area contributed by atoms with Gasteiger partial charge in [0.1, 0.15) is 16.8 Å². The number of benzene rings is 2. The van der Waals surface area contributed by atoms with Crippen LogP contribution in [0.4, 0.5) is 32.0 Å². The minimum atomic E-state index is -4.69. The SMILES string of the molecule is Cc1nn(-c2cccc(C(F)(F)F)c2)c(Cl)c1/C=C(/C#N)C(=O)Nc1cc(C(F)(F)F)ccc1Cl. The number of nitrogens with one attached hydrogen (secondary N) is 1. The summed E-state index contributed by atoms with van der Waals surface area (Å²) < 4.78 is 79.0. The van der Waals surface area contributed by atoms with Gasteiger partial charge >= 0.3 is 12.4 Å². The molecule has 3 aromatic rings. The van der Waals surface area contributed by atoms with E-state index in [9.17, 15) is 36.4 Å². The van der Waals surface area contributed by atoms with E-state index in [1.807, 2.05) is 0 Å². The second-order valence-corrected chi connectivity index (χ2v) is 7.83. The van der Waals surface area contributed by atoms with Crippen LogP contribution in [-0.4, -0.2) is 15.7 Å². The molecule has 0 radical (unpaired) electrons. The predicted octanol–water partition coefficient (Wildman–Crippen LogP) is 7.07. The van der Waals surface area contributed by atoms with E-state index >= 15 is 0 Å². The fraction of sp³-hybridized carbons (Fsp3) is 0.136. The number of anilines is 1. The maximum absolute atomic E-state index is 13.0. The zero-order valence-electron chi connectivity index (χ0n) is 17.4. The Morgan fingerprint density at radius 2 is 1.69 bits per heavy atom. The third kappa shape index (κ3) is 5.78. The first-order chi connectivity index (χ1) is 16.2. The summed E-state index contributed by atoms with van der Waals surface area (Å²) in [4.78, 5) is 12.6. The summed E-state index contributed by atoms with van der Waals surface area (Å²) in [6.45, 7) is 1.44. The molecule has 0 spiro atoms. The van der Waals surface area contributed by atoms with Crippen molar-refractivity contribution >= 4 is 40.9 Å². The van der Waals surface area contributed by atoms with Gasteiger partial charge in [0.25, 0.3) is 5.91 Å². The summed E-state index contributed by atoms with van der Waals surface area (Å²) in [5, 5.41) is 15.3. The van der Waals surface area contributed by atoms with Gasteiger partial charge in [0, 0.05) is 5.56 Å². The van der Waals surface area contributed by atoms with Gasteiger partial charge in [-0.3, -0.25) is 4.79 Å². The average Bonchev–Trinajstić information content (AvgIpc) is 3.05. The van der Waals surface area contributed by atoms with Crippen LogP contribution in [0.5, 0.6) is 0 Å². The van der Waals surface area contributed by atoms with Crippen molar-refractivity contribution in [1.29, 1.82) is 5.26 Å². The Kier molecular flexibility index (Phi) is 7.19. The largest absolute Gasteiger partial charge is 0.416 e. The van der Waals surface area contributed by atoms with Crippen LogP contribution in [0.3, 0.4) is 0 Å². The van der Waals surface area contributed by atoms with Crippen LogP contribution >= 0.6 is 23.2 Å². The molecule has 0 saturated carbocycles. The van der Waals surface area contributed by atoms with Crippen LogP contribution in [-0.2, 0) is 17.1 Å². The van der Waals surface area contributed by atoms with Gasteiger partial charge in [-0.1, -0.05) is 29.3 Å². The molecule has 35 heavy (non-hydrogen) atoms. The van der Waals surface area contributed by atoms with E-state index in [0.29, 0.717) is 6.07 Å². The number of nitrogens with zero attached hydrogens (tertiary/aromatic N) is 3. The Morgan fingerprint density at radius 3 is 2.29 bits per heavy atom. The van der Waals surface area contributed by atoms with E-state index in [4.69, 9.17) is 23.2 Å². The number of halogens is 8. The Morgan fingerprint density at radius 1 is 1.06 bits per heavy atom. The predicted molar refractivity (Wildman–Crippen MR) is 117 cm³/mol. The number of hydrogen-bond donors (Lipinski definition) is 1. The summed E-state index contributed by atoms with van der Waals surface area (Å²) in [5.41, 5.74) is -2.75. The van der Waals surface area contributed by atoms with Gasteiger partial charge in [-0.25, -0.2) is 4.68 Å². The molecule has 0 aliphatic heterocycles. The first-order valence-electron chi connectivity index (χ1n) is 9.45. The fourth-order valence-corrected chi connectivity index (χ4v) is 3.43. The zero-order chi connectivity index (χ0) is 26.1. The minimum Gasteiger partial charge on any atom is -0.320 e. The molecule has 1 N–H and O–H groups in total. The van der Waals surface area contributed by atoms with E-state index in [0.717, 1.165) is 41.1 Å². The van der Waals surface area contributed by atoms with E-state index in [1.165, 1.54) is 13.0 Å². The number of carbonyl (C=O) groups excluding carboxylic acids is 1. The molecule has 0 saturated heterocycles. The van der Waals surface area contributed by atoms with Gasteiger partial charge in [-0.15, -0.1) is 0 Å². The highest BCUT2D eigenvalue weighted by atomic mass is 35.5. The molecule has 2 aromatic carbocycles. The van der Waals surface area contributed by atoms with Crippen LogP contribution in [0.15, 0.2) is 48.0 Å². The lowest BCUT2D eigenvalue weighted by Crippen LogP contribution is -2.15. The number of alkyl halides is 6. The first-order valence-corrected chi connectivity index (χ1v) is 10.2. The van der Waals surface area contributed by atoms with E-state index in [2.05, 4.69) is 10.4 Å². The second-order valence-electron chi connectivity index (χ2n) is 7.07. The van der Waals surface area contributed by atoms with Gasteiger partial charge in [-0.05, 0) is 49.4 Å². The molecule has 0 aliphatic rings. The van der Waals surface area contributed by atoms with Crippen LogP contribution in [0.1, 0.15) is 22.4 Å². The van der Waals surface area contributed by atoms with Gasteiger partial charge in [0.2, 0.25) is 0 Å². The molecular weight excluding hydrogens is 521 g/mol. The van der Waals surface area contributed by atoms with Crippen molar-refractivity contribution in [2.45, 2.75) is 19.3 Å². The lowest BCUT2D eigenvalue weighted by molar-refractivity contribution is -0.138. The molecule has 1 amide bonds. The van der Waals surface area contributed by atoms with Crippen molar-refractivity contribution in [3.63, 3.8) is 0 Å². The monoisotopic (exact) mass is 532 g/mol. The molecule has 1 aromatic heterocycles. The smallest absolute Gasteiger partial charge is 0.320 e. The standard InChI is InChI=1S/C22H12Cl2F6N4O/c1-11-16(19(24)34(33-11)15-4-2-3-13(8-15)21(25,26)27)7-12(10-31)20(35)32-18-9-14(22(28,29)30)5-6-17(18)23/h2-9H,1H3,(H,32,35)/b12-7-. The molecule has 0 atom stereocenters. The highest BCUT2D eigenvalue weighted by Gasteiger charge is 2.32. The maximum Gasteiger partial charge on any atom is 0.416 e. The van der Waals surface area contributed by atoms with Crippen LogP contribution in [0.25, 0.3) is 11.8 Å². The molecular formula is C22H12Cl2F6N4O. The molecule has 0 aliphatic carbocycles. The van der Waals surface area contributed by atoms with Crippen molar-refractivity contribution in [2.75, 3.05) is 5.32 Å². The maximum atomic E-state index is 13.0. The Balaban J connectivity index is 1.97. The van der Waals surface area contributed by atoms with Gasteiger partial charge in [-0.2, -0.15) is 36.7 Å². The van der Waals surface area contributed by atoms with Crippen molar-refractivity contribution in [3.05, 3.63) is 80.6 Å². The first kappa shape index (κ1) is 26.1. The van der Waals surface area contributed by atoms with Crippen molar-refractivity contribution in [1.82, 2.24) is 9.78 Å². The molecule has 3 rings (SSSR count). The van der Waals surface area contributed by atoms with Gasteiger partial charge in [0.05, 0.1) is 33.2 Å². The molecule has 0 fully saturated rings. The van der Waals surface area contributed by atoms with Crippen molar-refractivity contribution < 1.29 is 31.1 Å². The average molecular weight is 533 g/mol. The Labute approximate surface area is 204 Å². The molecule has 13 heteroatoms. The summed E-state index contributed by atoms with van der Waals surface area (Å²) in [5.74, 6) is -1.09. The number of aryl methyl sites for hydroxylation is 1. The highest BCUT2D eigenvalue weighted by Crippen LogP contribution is 2.35. The van der Waals surface area contributed by atoms with Gasteiger partial charge in [0.15, 0.2) is 0 Å². The minimum absolute atomic E-state index is 0.0220. The highest BCUT2D eigenvalue weighted by molar-refractivity contribution is 6.34. The number of carbonyl (C=O) groups is 1. The van der Waals surface area contributed by atoms with Crippen LogP contribution in [0, 0.1) is 18.3 Å². The molecule has 5 nitrogen and oxygen atoms in total. The van der Waals surface area contributed by atoms with Crippen LogP contribution in [0.2, 0.25) is 10.2 Å². The summed E-state index contributed by atoms with van der Waals surface area (Å²) in [7, 11) is 0. The number of amides is 1. The topological polar surface area (TPSA) is 70.7 Å². The van der Waals surface area contributed by atoms with E-state index in [1.54, 1.807) is 6.07 Å². The number of rotatable bonds is 4. The molecule has 0 unspecified atom stereocenters. The van der Waals surface area contributed by atoms with E-state index < -0.39 is 35.0 Å². The molecule has 182 valence electrons. The molecule has 0 bridgehead atoms. The third-order valence-corrected chi connectivity index (χ3v) is 5.35. The number of nitriles is 1. The Bertz CT molecular complexity index is 1370. The zero-order valence-corrected chi connectivity index (χ0v) is 18.9. The number of hydrogen-bond acceptors (Lipinski definition) is 3. The number of aromatic nitrogens is 2. The summed E-state index contributed by atoms with van der Waals surface area (Å²) in [6.07, 6.45) is -8.28. The second kappa shape index (κ2) is 9.64. The van der Waals surface area contributed by atoms with E-state index in [-0.39, 0.29) is 32.8 Å². The van der Waals surface area contributed by atoms with Crippen LogP contribution < -0.4 is 5.32 Å². The third-order valence-electron chi connectivity index (χ3n) is 4.66. The normalized spacial score (nSPS) is 12.4. The quantitative estimate of drug-likeness (QED) is 0.222. The summed E-state index contributed by atoms with van der Waals surface area (Å²) in [6, 6.07) is 8.06. The Hall–Kier alpha value is -3.49.